The van der Waals surface area contributed by atoms with E-state index in [2.05, 4.69) is 5.10 Å². The summed E-state index contributed by atoms with van der Waals surface area (Å²) in [6.45, 7) is 2.22. The van der Waals surface area contributed by atoms with Crippen LogP contribution in [-0.2, 0) is 4.74 Å². The molecular formula is C13H15N3O2. The molecule has 5 heteroatoms. The van der Waals surface area contributed by atoms with Gasteiger partial charge in [-0.3, -0.25) is 0 Å². The molecule has 0 aliphatic heterocycles. The van der Waals surface area contributed by atoms with Crippen molar-refractivity contribution in [3.63, 3.8) is 0 Å². The largest absolute Gasteiger partial charge is 0.448 e. The maximum absolute atomic E-state index is 11.6. The predicted octanol–water partition coefficient (Wildman–Crippen LogP) is 2.39. The Morgan fingerprint density at radius 1 is 1.50 bits per heavy atom. The zero-order chi connectivity index (χ0) is 13.2. The Kier molecular flexibility index (Phi) is 5.98. The summed E-state index contributed by atoms with van der Waals surface area (Å²) < 4.78 is 4.85. The minimum absolute atomic E-state index is 0.213. The second-order valence-electron chi connectivity index (χ2n) is 3.39. The fraction of sp³-hybridized carbons (Fsp3) is 0.308. The Morgan fingerprint density at radius 3 is 2.83 bits per heavy atom. The molecule has 0 heterocycles. The zero-order valence-electron chi connectivity index (χ0n) is 10.2. The predicted molar refractivity (Wildman–Crippen MR) is 68.0 cm³/mol. The first-order chi connectivity index (χ1) is 8.77. The Bertz CT molecular complexity index is 437. The first kappa shape index (κ1) is 13.7. The Morgan fingerprint density at radius 2 is 2.22 bits per heavy atom. The summed E-state index contributed by atoms with van der Waals surface area (Å²) in [4.78, 5) is 11.6. The van der Waals surface area contributed by atoms with E-state index in [1.807, 2.05) is 36.4 Å². The molecule has 0 atom stereocenters. The van der Waals surface area contributed by atoms with Gasteiger partial charge in [-0.15, -0.1) is 0 Å². The van der Waals surface area contributed by atoms with Crippen LogP contribution in [0, 0.1) is 11.3 Å². The summed E-state index contributed by atoms with van der Waals surface area (Å²) >= 11 is 0. The number of hydrazone groups is 1. The van der Waals surface area contributed by atoms with Gasteiger partial charge in [0, 0.05) is 0 Å². The van der Waals surface area contributed by atoms with Gasteiger partial charge in [-0.25, -0.2) is 4.79 Å². The smallest absolute Gasteiger partial charge is 0.430 e. The Labute approximate surface area is 106 Å². The molecule has 18 heavy (non-hydrogen) atoms. The summed E-state index contributed by atoms with van der Waals surface area (Å²) in [6.07, 6.45) is 1.24. The highest BCUT2D eigenvalue weighted by molar-refractivity contribution is 5.80. The Balaban J connectivity index is 2.69. The van der Waals surface area contributed by atoms with Crippen LogP contribution in [0.3, 0.4) is 0 Å². The fourth-order valence-corrected chi connectivity index (χ4v) is 1.23. The van der Waals surface area contributed by atoms with Gasteiger partial charge >= 0.3 is 6.09 Å². The minimum atomic E-state index is -0.542. The number of hydrogen-bond acceptors (Lipinski definition) is 4. The van der Waals surface area contributed by atoms with E-state index in [1.54, 1.807) is 13.1 Å². The number of ether oxygens (including phenoxy) is 1. The van der Waals surface area contributed by atoms with Crippen molar-refractivity contribution in [3.05, 3.63) is 35.9 Å². The van der Waals surface area contributed by atoms with Gasteiger partial charge in [-0.1, -0.05) is 30.3 Å². The number of rotatable bonds is 5. The fourth-order valence-electron chi connectivity index (χ4n) is 1.23. The lowest BCUT2D eigenvalue weighted by atomic mass is 10.2. The van der Waals surface area contributed by atoms with Crippen molar-refractivity contribution < 1.29 is 9.53 Å². The number of nitrogens with zero attached hydrogens (tertiary/aromatic N) is 3. The molecular weight excluding hydrogens is 230 g/mol. The van der Waals surface area contributed by atoms with Crippen molar-refractivity contribution in [3.8, 4) is 6.07 Å². The molecule has 0 saturated carbocycles. The monoisotopic (exact) mass is 245 g/mol. The average molecular weight is 245 g/mol. The topological polar surface area (TPSA) is 65.7 Å². The van der Waals surface area contributed by atoms with Crippen LogP contribution in [-0.4, -0.2) is 30.5 Å². The first-order valence-electron chi connectivity index (χ1n) is 5.68. The first-order valence-corrected chi connectivity index (χ1v) is 5.68. The van der Waals surface area contributed by atoms with Crippen LogP contribution < -0.4 is 0 Å². The number of carbonyl (C=O) groups excluding carboxylic acids is 1. The Hall–Kier alpha value is -2.35. The SMILES string of the molecule is CCOC(=O)N(CCC#N)N=Cc1ccccc1. The van der Waals surface area contributed by atoms with E-state index in [-0.39, 0.29) is 19.6 Å². The molecule has 1 rings (SSSR count). The van der Waals surface area contributed by atoms with Crippen molar-refractivity contribution in [2.75, 3.05) is 13.2 Å². The highest BCUT2D eigenvalue weighted by atomic mass is 16.6. The van der Waals surface area contributed by atoms with Crippen LogP contribution in [0.15, 0.2) is 35.4 Å². The molecule has 1 aromatic rings. The summed E-state index contributed by atoms with van der Waals surface area (Å²) in [6, 6.07) is 11.4. The second-order valence-corrected chi connectivity index (χ2v) is 3.39. The van der Waals surface area contributed by atoms with Crippen LogP contribution in [0.5, 0.6) is 0 Å². The van der Waals surface area contributed by atoms with E-state index in [1.165, 1.54) is 0 Å². The highest BCUT2D eigenvalue weighted by Gasteiger charge is 2.12. The van der Waals surface area contributed by atoms with Gasteiger partial charge < -0.3 is 4.74 Å². The molecule has 0 saturated heterocycles. The molecule has 5 nitrogen and oxygen atoms in total. The van der Waals surface area contributed by atoms with Gasteiger partial charge in [-0.05, 0) is 12.5 Å². The third-order valence-corrected chi connectivity index (χ3v) is 2.06. The van der Waals surface area contributed by atoms with E-state index >= 15 is 0 Å². The molecule has 0 radical (unpaired) electrons. The van der Waals surface area contributed by atoms with Gasteiger partial charge in [0.2, 0.25) is 0 Å². The molecule has 0 bridgehead atoms. The van der Waals surface area contributed by atoms with Crippen molar-refractivity contribution in [1.82, 2.24) is 5.01 Å². The number of nitriles is 1. The van der Waals surface area contributed by atoms with Crippen molar-refractivity contribution in [2.45, 2.75) is 13.3 Å². The lowest BCUT2D eigenvalue weighted by Crippen LogP contribution is -2.27. The van der Waals surface area contributed by atoms with E-state index in [0.29, 0.717) is 0 Å². The highest BCUT2D eigenvalue weighted by Crippen LogP contribution is 2.00. The standard InChI is InChI=1S/C13H15N3O2/c1-2-18-13(17)16(10-6-9-14)15-11-12-7-4-3-5-8-12/h3-5,7-8,11H,2,6,10H2,1H3. The molecule has 1 amide bonds. The maximum atomic E-state index is 11.6. The molecule has 0 aromatic heterocycles. The zero-order valence-corrected chi connectivity index (χ0v) is 10.2. The van der Waals surface area contributed by atoms with Crippen molar-refractivity contribution in [2.24, 2.45) is 5.10 Å². The van der Waals surface area contributed by atoms with Gasteiger partial charge in [0.15, 0.2) is 0 Å². The molecule has 0 fully saturated rings. The molecule has 0 aliphatic rings. The lowest BCUT2D eigenvalue weighted by molar-refractivity contribution is 0.109. The number of benzene rings is 1. The summed E-state index contributed by atoms with van der Waals surface area (Å²) in [7, 11) is 0. The summed E-state index contributed by atoms with van der Waals surface area (Å²) in [5.74, 6) is 0. The van der Waals surface area contributed by atoms with Crippen molar-refractivity contribution in [1.29, 1.82) is 5.26 Å². The van der Waals surface area contributed by atoms with Crippen LogP contribution >= 0.6 is 0 Å². The van der Waals surface area contributed by atoms with Crippen LogP contribution in [0.25, 0.3) is 0 Å². The maximum Gasteiger partial charge on any atom is 0.430 e. The third kappa shape index (κ3) is 4.66. The molecule has 0 aliphatic carbocycles. The molecule has 94 valence electrons. The second kappa shape index (κ2) is 7.85. The van der Waals surface area contributed by atoms with Gasteiger partial charge in [0.05, 0.1) is 31.9 Å². The molecule has 0 unspecified atom stereocenters. The lowest BCUT2D eigenvalue weighted by Gasteiger charge is -2.14. The number of hydrogen-bond donors (Lipinski definition) is 0. The molecule has 1 aromatic carbocycles. The van der Waals surface area contributed by atoms with Crippen LogP contribution in [0.2, 0.25) is 0 Å². The van der Waals surface area contributed by atoms with Gasteiger partial charge in [0.1, 0.15) is 0 Å². The number of carbonyl (C=O) groups is 1. The number of amides is 1. The van der Waals surface area contributed by atoms with Gasteiger partial charge in [-0.2, -0.15) is 15.4 Å². The van der Waals surface area contributed by atoms with E-state index in [4.69, 9.17) is 10.00 Å². The van der Waals surface area contributed by atoms with Crippen LogP contribution in [0.1, 0.15) is 18.9 Å². The molecule has 0 spiro atoms. The van der Waals surface area contributed by atoms with Crippen molar-refractivity contribution >= 4 is 12.3 Å². The van der Waals surface area contributed by atoms with E-state index < -0.39 is 6.09 Å². The minimum Gasteiger partial charge on any atom is -0.448 e. The van der Waals surface area contributed by atoms with Gasteiger partial charge in [0.25, 0.3) is 0 Å². The third-order valence-electron chi connectivity index (χ3n) is 2.06. The quantitative estimate of drug-likeness (QED) is 0.591. The average Bonchev–Trinajstić information content (AvgIpc) is 2.40. The summed E-state index contributed by atoms with van der Waals surface area (Å²) in [5, 5.41) is 13.7. The normalized spacial score (nSPS) is 10.0. The van der Waals surface area contributed by atoms with E-state index in [9.17, 15) is 4.79 Å². The molecule has 0 N–H and O–H groups in total. The van der Waals surface area contributed by atoms with Crippen LogP contribution in [0.4, 0.5) is 4.79 Å². The summed E-state index contributed by atoms with van der Waals surface area (Å²) in [5.41, 5.74) is 0.878. The van der Waals surface area contributed by atoms with E-state index in [0.717, 1.165) is 10.6 Å².